The van der Waals surface area contributed by atoms with Gasteiger partial charge in [0.15, 0.2) is 0 Å². The van der Waals surface area contributed by atoms with E-state index in [1.54, 1.807) is 13.8 Å². The van der Waals surface area contributed by atoms with E-state index >= 15 is 0 Å². The molecule has 2 nitrogen and oxygen atoms in total. The Morgan fingerprint density at radius 3 is 2.61 bits per heavy atom. The van der Waals surface area contributed by atoms with Crippen LogP contribution >= 0.6 is 0 Å². The highest BCUT2D eigenvalue weighted by Gasteiger charge is 2.17. The van der Waals surface area contributed by atoms with Crippen molar-refractivity contribution in [2.24, 2.45) is 5.41 Å². The van der Waals surface area contributed by atoms with Crippen LogP contribution in [0.4, 0.5) is 8.78 Å². The fourth-order valence-electron chi connectivity index (χ4n) is 1.47. The predicted octanol–water partition coefficient (Wildman–Crippen LogP) is 3.40. The summed E-state index contributed by atoms with van der Waals surface area (Å²) >= 11 is 0. The molecular formula is C13H15F2NOS. The van der Waals surface area contributed by atoms with Gasteiger partial charge in [-0.3, -0.25) is 4.21 Å². The van der Waals surface area contributed by atoms with Gasteiger partial charge in [-0.1, -0.05) is 0 Å². The van der Waals surface area contributed by atoms with Crippen LogP contribution in [0.15, 0.2) is 23.1 Å². The predicted molar refractivity (Wildman–Crippen MR) is 66.3 cm³/mol. The van der Waals surface area contributed by atoms with Gasteiger partial charge in [0, 0.05) is 11.8 Å². The Bertz CT molecular complexity index is 494. The molecule has 0 saturated carbocycles. The molecule has 0 aromatic heterocycles. The highest BCUT2D eigenvalue weighted by atomic mass is 32.2. The molecule has 1 rings (SSSR count). The van der Waals surface area contributed by atoms with E-state index in [1.807, 2.05) is 0 Å². The lowest BCUT2D eigenvalue weighted by Gasteiger charge is -2.14. The summed E-state index contributed by atoms with van der Waals surface area (Å²) < 4.78 is 37.8. The molecule has 0 aliphatic heterocycles. The van der Waals surface area contributed by atoms with E-state index in [4.69, 9.17) is 5.26 Å². The van der Waals surface area contributed by atoms with E-state index in [2.05, 4.69) is 6.07 Å². The minimum Gasteiger partial charge on any atom is -0.254 e. The first-order valence-corrected chi connectivity index (χ1v) is 6.92. The molecule has 0 radical (unpaired) electrons. The van der Waals surface area contributed by atoms with Crippen molar-refractivity contribution in [1.82, 2.24) is 0 Å². The summed E-state index contributed by atoms with van der Waals surface area (Å²) in [4.78, 5) is 0.0196. The molecule has 98 valence electrons. The molecule has 0 fully saturated rings. The Hall–Kier alpha value is -1.28. The molecule has 1 aromatic carbocycles. The number of nitriles is 1. The average Bonchev–Trinajstić information content (AvgIpc) is 2.28. The van der Waals surface area contributed by atoms with Crippen molar-refractivity contribution < 1.29 is 13.0 Å². The lowest BCUT2D eigenvalue weighted by Crippen LogP contribution is -2.10. The summed E-state index contributed by atoms with van der Waals surface area (Å²) in [5, 5.41) is 8.82. The van der Waals surface area contributed by atoms with Crippen LogP contribution in [0.1, 0.15) is 26.7 Å². The Kier molecular flexibility index (Phi) is 4.97. The zero-order valence-electron chi connectivity index (χ0n) is 10.4. The van der Waals surface area contributed by atoms with Gasteiger partial charge < -0.3 is 0 Å². The molecule has 5 heteroatoms. The summed E-state index contributed by atoms with van der Waals surface area (Å²) in [5.41, 5.74) is -0.467. The first-order chi connectivity index (χ1) is 8.35. The van der Waals surface area contributed by atoms with Crippen molar-refractivity contribution in [2.75, 3.05) is 5.75 Å². The van der Waals surface area contributed by atoms with E-state index in [9.17, 15) is 13.0 Å². The number of hydrogen-bond acceptors (Lipinski definition) is 2. The van der Waals surface area contributed by atoms with Crippen molar-refractivity contribution in [1.29, 1.82) is 5.26 Å². The molecule has 1 atom stereocenters. The average molecular weight is 271 g/mol. The molecule has 18 heavy (non-hydrogen) atoms. The van der Waals surface area contributed by atoms with Crippen molar-refractivity contribution in [3.63, 3.8) is 0 Å². The maximum absolute atomic E-state index is 13.3. The Morgan fingerprint density at radius 2 is 2.06 bits per heavy atom. The maximum atomic E-state index is 13.3. The largest absolute Gasteiger partial charge is 0.254 e. The molecular weight excluding hydrogens is 256 g/mol. The van der Waals surface area contributed by atoms with E-state index < -0.39 is 27.8 Å². The van der Waals surface area contributed by atoms with Crippen LogP contribution in [-0.2, 0) is 10.8 Å². The lowest BCUT2D eigenvalue weighted by atomic mass is 9.90. The minimum atomic E-state index is -1.49. The highest BCUT2D eigenvalue weighted by molar-refractivity contribution is 7.85. The third-order valence-electron chi connectivity index (χ3n) is 2.57. The molecule has 0 aliphatic rings. The molecule has 1 unspecified atom stereocenters. The van der Waals surface area contributed by atoms with E-state index in [1.165, 1.54) is 6.07 Å². The SMILES string of the molecule is CC(C)(C#N)CCCS(=O)c1ccc(F)cc1F. The van der Waals surface area contributed by atoms with Gasteiger partial charge in [0.05, 0.1) is 27.2 Å². The third-order valence-corrected chi connectivity index (χ3v) is 4.05. The van der Waals surface area contributed by atoms with Crippen molar-refractivity contribution in [3.8, 4) is 6.07 Å². The van der Waals surface area contributed by atoms with Gasteiger partial charge in [0.1, 0.15) is 11.6 Å². The van der Waals surface area contributed by atoms with E-state index in [-0.39, 0.29) is 10.6 Å². The van der Waals surface area contributed by atoms with Gasteiger partial charge in [-0.05, 0) is 38.8 Å². The molecule has 0 heterocycles. The lowest BCUT2D eigenvalue weighted by molar-refractivity contribution is 0.446. The van der Waals surface area contributed by atoms with Crippen molar-refractivity contribution >= 4 is 10.8 Å². The highest BCUT2D eigenvalue weighted by Crippen LogP contribution is 2.22. The molecule has 0 spiro atoms. The van der Waals surface area contributed by atoms with Crippen LogP contribution in [0.25, 0.3) is 0 Å². The van der Waals surface area contributed by atoms with Crippen molar-refractivity contribution in [3.05, 3.63) is 29.8 Å². The van der Waals surface area contributed by atoms with Gasteiger partial charge in [-0.15, -0.1) is 0 Å². The quantitative estimate of drug-likeness (QED) is 0.823. The number of hydrogen-bond donors (Lipinski definition) is 0. The molecule has 1 aromatic rings. The van der Waals surface area contributed by atoms with E-state index in [0.29, 0.717) is 12.8 Å². The zero-order valence-corrected chi connectivity index (χ0v) is 11.2. The number of nitrogens with zero attached hydrogens (tertiary/aromatic N) is 1. The Morgan fingerprint density at radius 1 is 1.39 bits per heavy atom. The molecule has 0 amide bonds. The first kappa shape index (κ1) is 14.8. The summed E-state index contributed by atoms with van der Waals surface area (Å²) in [5.74, 6) is -1.19. The molecule has 0 saturated heterocycles. The molecule has 0 aliphatic carbocycles. The fraction of sp³-hybridized carbons (Fsp3) is 0.462. The smallest absolute Gasteiger partial charge is 0.142 e. The van der Waals surface area contributed by atoms with Gasteiger partial charge in [-0.2, -0.15) is 5.26 Å². The Balaban J connectivity index is 2.59. The molecule has 0 N–H and O–H groups in total. The van der Waals surface area contributed by atoms with Gasteiger partial charge in [0.2, 0.25) is 0 Å². The molecule has 0 bridgehead atoms. The van der Waals surface area contributed by atoms with Crippen LogP contribution in [0.3, 0.4) is 0 Å². The van der Waals surface area contributed by atoms with Crippen LogP contribution in [0, 0.1) is 28.4 Å². The zero-order chi connectivity index (χ0) is 13.8. The van der Waals surface area contributed by atoms with Gasteiger partial charge in [0.25, 0.3) is 0 Å². The summed E-state index contributed by atoms with van der Waals surface area (Å²) in [6.07, 6.45) is 1.15. The van der Waals surface area contributed by atoms with Crippen LogP contribution in [-0.4, -0.2) is 9.96 Å². The maximum Gasteiger partial charge on any atom is 0.142 e. The summed E-state index contributed by atoms with van der Waals surface area (Å²) in [7, 11) is -1.49. The standard InChI is InChI=1S/C13H15F2NOS/c1-13(2,9-16)6-3-7-18(17)12-5-4-10(14)8-11(12)15/h4-5,8H,3,6-7H2,1-2H3. The number of benzene rings is 1. The number of halogens is 2. The summed E-state index contributed by atoms with van der Waals surface area (Å²) in [6.45, 7) is 3.60. The van der Waals surface area contributed by atoms with Crippen LogP contribution in [0.5, 0.6) is 0 Å². The number of rotatable bonds is 5. The van der Waals surface area contributed by atoms with E-state index in [0.717, 1.165) is 12.1 Å². The van der Waals surface area contributed by atoms with Crippen LogP contribution in [0.2, 0.25) is 0 Å². The second-order valence-electron chi connectivity index (χ2n) is 4.72. The fourth-order valence-corrected chi connectivity index (χ4v) is 2.59. The van der Waals surface area contributed by atoms with Gasteiger partial charge in [-0.25, -0.2) is 8.78 Å². The summed E-state index contributed by atoms with van der Waals surface area (Å²) in [6, 6.07) is 5.18. The van der Waals surface area contributed by atoms with Crippen LogP contribution < -0.4 is 0 Å². The topological polar surface area (TPSA) is 40.9 Å². The monoisotopic (exact) mass is 271 g/mol. The minimum absolute atomic E-state index is 0.0196. The second-order valence-corrected chi connectivity index (χ2v) is 6.26. The first-order valence-electron chi connectivity index (χ1n) is 5.60. The Labute approximate surface area is 108 Å². The third kappa shape index (κ3) is 4.19. The second kappa shape index (κ2) is 6.05. The van der Waals surface area contributed by atoms with Gasteiger partial charge >= 0.3 is 0 Å². The van der Waals surface area contributed by atoms with Crippen molar-refractivity contribution in [2.45, 2.75) is 31.6 Å². The normalized spacial score (nSPS) is 13.1.